The first-order valence-corrected chi connectivity index (χ1v) is 8.62. The molecule has 0 aliphatic heterocycles. The molecule has 0 saturated carbocycles. The molecule has 122 valence electrons. The normalized spacial score (nSPS) is 10.8. The molecule has 0 aliphatic rings. The Labute approximate surface area is 146 Å². The lowest BCUT2D eigenvalue weighted by atomic mass is 10.1. The van der Waals surface area contributed by atoms with Crippen molar-refractivity contribution in [1.29, 1.82) is 0 Å². The Bertz CT molecular complexity index is 696. The molecule has 0 saturated heterocycles. The SMILES string of the molecule is C=CCN(CC(=O)Nc1cc(C)ccc1C)Cc1ccc(Cl)s1. The first kappa shape index (κ1) is 17.7. The molecule has 3 nitrogen and oxygen atoms in total. The summed E-state index contributed by atoms with van der Waals surface area (Å²) in [4.78, 5) is 15.5. The lowest BCUT2D eigenvalue weighted by Gasteiger charge is -2.19. The minimum atomic E-state index is -0.0248. The number of hydrogen-bond acceptors (Lipinski definition) is 3. The van der Waals surface area contributed by atoms with Crippen LogP contribution in [0.5, 0.6) is 0 Å². The molecule has 1 aromatic heterocycles. The number of anilines is 1. The van der Waals surface area contributed by atoms with Gasteiger partial charge in [0.05, 0.1) is 10.9 Å². The summed E-state index contributed by atoms with van der Waals surface area (Å²) in [6.45, 7) is 9.42. The number of halogens is 1. The van der Waals surface area contributed by atoms with Crippen LogP contribution >= 0.6 is 22.9 Å². The van der Waals surface area contributed by atoms with Gasteiger partial charge in [-0.05, 0) is 43.2 Å². The van der Waals surface area contributed by atoms with E-state index >= 15 is 0 Å². The van der Waals surface area contributed by atoms with Crippen molar-refractivity contribution in [2.24, 2.45) is 0 Å². The molecular weight excluding hydrogens is 328 g/mol. The van der Waals surface area contributed by atoms with Gasteiger partial charge in [0, 0.05) is 23.7 Å². The number of amides is 1. The van der Waals surface area contributed by atoms with Gasteiger partial charge in [-0.2, -0.15) is 0 Å². The first-order chi connectivity index (χ1) is 11.0. The quantitative estimate of drug-likeness (QED) is 0.739. The summed E-state index contributed by atoms with van der Waals surface area (Å²) in [5.74, 6) is -0.0248. The van der Waals surface area contributed by atoms with E-state index < -0.39 is 0 Å². The van der Waals surface area contributed by atoms with Crippen LogP contribution in [0.15, 0.2) is 43.0 Å². The smallest absolute Gasteiger partial charge is 0.238 e. The van der Waals surface area contributed by atoms with E-state index in [-0.39, 0.29) is 5.91 Å². The number of rotatable bonds is 7. The molecule has 0 unspecified atom stereocenters. The predicted molar refractivity (Wildman–Crippen MR) is 99.3 cm³/mol. The maximum atomic E-state index is 12.3. The second-order valence-electron chi connectivity index (χ2n) is 5.53. The zero-order chi connectivity index (χ0) is 16.8. The van der Waals surface area contributed by atoms with Crippen molar-refractivity contribution >= 4 is 34.5 Å². The fraction of sp³-hybridized carbons (Fsp3) is 0.278. The van der Waals surface area contributed by atoms with E-state index in [1.54, 1.807) is 6.08 Å². The van der Waals surface area contributed by atoms with E-state index in [0.717, 1.165) is 26.0 Å². The van der Waals surface area contributed by atoms with Crippen LogP contribution < -0.4 is 5.32 Å². The summed E-state index contributed by atoms with van der Waals surface area (Å²) in [6, 6.07) is 9.91. The third-order valence-corrected chi connectivity index (χ3v) is 4.65. The maximum Gasteiger partial charge on any atom is 0.238 e. The van der Waals surface area contributed by atoms with Gasteiger partial charge in [0.1, 0.15) is 0 Å². The van der Waals surface area contributed by atoms with E-state index in [2.05, 4.69) is 11.9 Å². The van der Waals surface area contributed by atoms with Gasteiger partial charge in [0.25, 0.3) is 0 Å². The van der Waals surface area contributed by atoms with Crippen LogP contribution in [-0.2, 0) is 11.3 Å². The number of thiophene rings is 1. The molecule has 1 heterocycles. The van der Waals surface area contributed by atoms with Crippen molar-refractivity contribution in [2.75, 3.05) is 18.4 Å². The fourth-order valence-electron chi connectivity index (χ4n) is 2.29. The van der Waals surface area contributed by atoms with Crippen LogP contribution in [0.1, 0.15) is 16.0 Å². The number of benzene rings is 1. The second kappa shape index (κ2) is 8.29. The number of nitrogens with zero attached hydrogens (tertiary/aromatic N) is 1. The monoisotopic (exact) mass is 348 g/mol. The third-order valence-electron chi connectivity index (χ3n) is 3.43. The lowest BCUT2D eigenvalue weighted by molar-refractivity contribution is -0.117. The summed E-state index contributed by atoms with van der Waals surface area (Å²) < 4.78 is 0.762. The summed E-state index contributed by atoms with van der Waals surface area (Å²) in [5.41, 5.74) is 3.05. The molecule has 0 fully saturated rings. The van der Waals surface area contributed by atoms with Gasteiger partial charge in [-0.15, -0.1) is 17.9 Å². The van der Waals surface area contributed by atoms with Gasteiger partial charge >= 0.3 is 0 Å². The van der Waals surface area contributed by atoms with Crippen molar-refractivity contribution in [3.05, 3.63) is 63.3 Å². The Kier molecular flexibility index (Phi) is 6.39. The van der Waals surface area contributed by atoms with Gasteiger partial charge < -0.3 is 5.32 Å². The average molecular weight is 349 g/mol. The zero-order valence-corrected chi connectivity index (χ0v) is 15.0. The molecule has 0 bridgehead atoms. The Morgan fingerprint density at radius 3 is 2.78 bits per heavy atom. The Morgan fingerprint density at radius 1 is 1.35 bits per heavy atom. The Hall–Kier alpha value is -1.62. The number of nitrogens with one attached hydrogen (secondary N) is 1. The van der Waals surface area contributed by atoms with Crippen molar-refractivity contribution in [3.8, 4) is 0 Å². The average Bonchev–Trinajstić information content (AvgIpc) is 2.88. The minimum absolute atomic E-state index is 0.0248. The number of hydrogen-bond donors (Lipinski definition) is 1. The third kappa shape index (κ3) is 5.50. The molecule has 0 aliphatic carbocycles. The zero-order valence-electron chi connectivity index (χ0n) is 13.4. The van der Waals surface area contributed by atoms with E-state index in [4.69, 9.17) is 11.6 Å². The van der Waals surface area contributed by atoms with Crippen molar-refractivity contribution in [3.63, 3.8) is 0 Å². The van der Waals surface area contributed by atoms with Crippen molar-refractivity contribution in [1.82, 2.24) is 4.90 Å². The molecule has 0 spiro atoms. The molecule has 2 rings (SSSR count). The number of aryl methyl sites for hydroxylation is 2. The molecule has 5 heteroatoms. The molecule has 23 heavy (non-hydrogen) atoms. The fourth-order valence-corrected chi connectivity index (χ4v) is 3.42. The number of carbonyl (C=O) groups is 1. The topological polar surface area (TPSA) is 32.3 Å². The summed E-state index contributed by atoms with van der Waals surface area (Å²) in [6.07, 6.45) is 1.81. The molecule has 0 radical (unpaired) electrons. The highest BCUT2D eigenvalue weighted by molar-refractivity contribution is 7.16. The summed E-state index contributed by atoms with van der Waals surface area (Å²) in [5, 5.41) is 2.99. The van der Waals surface area contributed by atoms with E-state index in [1.807, 2.05) is 49.1 Å². The Balaban J connectivity index is 1.99. The van der Waals surface area contributed by atoms with Crippen LogP contribution in [0.3, 0.4) is 0 Å². The van der Waals surface area contributed by atoms with Gasteiger partial charge in [-0.1, -0.05) is 29.8 Å². The van der Waals surface area contributed by atoms with Crippen molar-refractivity contribution < 1.29 is 4.79 Å². The van der Waals surface area contributed by atoms with Crippen LogP contribution in [0.2, 0.25) is 4.34 Å². The van der Waals surface area contributed by atoms with Crippen molar-refractivity contribution in [2.45, 2.75) is 20.4 Å². The van der Waals surface area contributed by atoms with E-state index in [9.17, 15) is 4.79 Å². The van der Waals surface area contributed by atoms with Gasteiger partial charge in [0.2, 0.25) is 5.91 Å². The van der Waals surface area contributed by atoms with E-state index in [1.165, 1.54) is 11.3 Å². The van der Waals surface area contributed by atoms with Crippen LogP contribution in [-0.4, -0.2) is 23.9 Å². The standard InChI is InChI=1S/C18H21ClN2OS/c1-4-9-21(11-15-7-8-17(19)23-15)12-18(22)20-16-10-13(2)5-6-14(16)3/h4-8,10H,1,9,11-12H2,2-3H3,(H,20,22). The van der Waals surface area contributed by atoms with E-state index in [0.29, 0.717) is 19.6 Å². The number of carbonyl (C=O) groups excluding carboxylic acids is 1. The summed E-state index contributed by atoms with van der Waals surface area (Å²) in [7, 11) is 0. The largest absolute Gasteiger partial charge is 0.325 e. The molecule has 1 amide bonds. The highest BCUT2D eigenvalue weighted by atomic mass is 35.5. The van der Waals surface area contributed by atoms with Crippen LogP contribution in [0.4, 0.5) is 5.69 Å². The molecule has 2 aromatic rings. The maximum absolute atomic E-state index is 12.3. The van der Waals surface area contributed by atoms with Crippen LogP contribution in [0.25, 0.3) is 0 Å². The Morgan fingerprint density at radius 2 is 2.13 bits per heavy atom. The molecular formula is C18H21ClN2OS. The minimum Gasteiger partial charge on any atom is -0.325 e. The second-order valence-corrected chi connectivity index (χ2v) is 7.33. The highest BCUT2D eigenvalue weighted by Gasteiger charge is 2.12. The van der Waals surface area contributed by atoms with Crippen LogP contribution in [0, 0.1) is 13.8 Å². The van der Waals surface area contributed by atoms with Gasteiger partial charge in [0.15, 0.2) is 0 Å². The molecule has 0 atom stereocenters. The predicted octanol–water partition coefficient (Wildman–Crippen LogP) is 4.65. The molecule has 1 N–H and O–H groups in total. The van der Waals surface area contributed by atoms with Gasteiger partial charge in [-0.3, -0.25) is 9.69 Å². The molecule has 1 aromatic carbocycles. The summed E-state index contributed by atoms with van der Waals surface area (Å²) >= 11 is 7.50. The highest BCUT2D eigenvalue weighted by Crippen LogP contribution is 2.23. The lowest BCUT2D eigenvalue weighted by Crippen LogP contribution is -2.33. The van der Waals surface area contributed by atoms with Gasteiger partial charge in [-0.25, -0.2) is 0 Å². The first-order valence-electron chi connectivity index (χ1n) is 7.42.